The van der Waals surface area contributed by atoms with E-state index in [0.717, 1.165) is 32.1 Å². The number of hydrogen-bond donors (Lipinski definition) is 2. The van der Waals surface area contributed by atoms with Gasteiger partial charge in [0.05, 0.1) is 12.6 Å². The molecule has 0 bridgehead atoms. The molecule has 9 heteroatoms. The summed E-state index contributed by atoms with van der Waals surface area (Å²) < 4.78 is 5.42. The van der Waals surface area contributed by atoms with E-state index in [1.807, 2.05) is 17.9 Å². The lowest BCUT2D eigenvalue weighted by Gasteiger charge is -2.35. The normalized spacial score (nSPS) is 27.9. The average Bonchev–Trinajstić information content (AvgIpc) is 2.93. The fourth-order valence-corrected chi connectivity index (χ4v) is 2.89. The molecule has 3 N–H and O–H groups in total. The van der Waals surface area contributed by atoms with Crippen LogP contribution in [0.5, 0.6) is 0 Å². The van der Waals surface area contributed by atoms with Crippen LogP contribution in [0.4, 0.5) is 5.95 Å². The van der Waals surface area contributed by atoms with Crippen molar-refractivity contribution in [2.24, 2.45) is 10.7 Å². The molecule has 0 amide bonds. The topological polar surface area (TPSA) is 100 Å². The summed E-state index contributed by atoms with van der Waals surface area (Å²) >= 11 is 0. The molecule has 2 unspecified atom stereocenters. The molecular weight excluding hydrogens is 423 g/mol. The van der Waals surface area contributed by atoms with E-state index < -0.39 is 5.60 Å². The number of aliphatic hydroxyl groups is 1. The van der Waals surface area contributed by atoms with Crippen LogP contribution in [0.1, 0.15) is 13.3 Å². The zero-order valence-electron chi connectivity index (χ0n) is 13.8. The molecule has 0 aromatic carbocycles. The van der Waals surface area contributed by atoms with Crippen molar-refractivity contribution in [1.29, 1.82) is 0 Å². The molecule has 0 aliphatic carbocycles. The second-order valence-corrected chi connectivity index (χ2v) is 6.06. The number of guanidine groups is 1. The number of anilines is 1. The van der Waals surface area contributed by atoms with Crippen LogP contribution in [0.25, 0.3) is 0 Å². The highest BCUT2D eigenvalue weighted by molar-refractivity contribution is 14.0. The molecule has 3 rings (SSSR count). The first-order chi connectivity index (χ1) is 11.1. The minimum Gasteiger partial charge on any atom is -0.385 e. The molecule has 2 fully saturated rings. The lowest BCUT2D eigenvalue weighted by atomic mass is 9.97. The summed E-state index contributed by atoms with van der Waals surface area (Å²) in [4.78, 5) is 17.1. The van der Waals surface area contributed by atoms with Crippen LogP contribution in [0.15, 0.2) is 23.5 Å². The van der Waals surface area contributed by atoms with Gasteiger partial charge in [-0.15, -0.1) is 24.0 Å². The molecule has 8 nitrogen and oxygen atoms in total. The quantitative estimate of drug-likeness (QED) is 0.384. The minimum atomic E-state index is -0.898. The van der Waals surface area contributed by atoms with Crippen LogP contribution in [-0.2, 0) is 4.74 Å². The van der Waals surface area contributed by atoms with Crippen LogP contribution in [0, 0.1) is 0 Å². The highest BCUT2D eigenvalue weighted by atomic mass is 127. The Hall–Kier alpha value is -1.20. The van der Waals surface area contributed by atoms with Crippen molar-refractivity contribution in [1.82, 2.24) is 14.9 Å². The van der Waals surface area contributed by atoms with Gasteiger partial charge in [0.25, 0.3) is 0 Å². The Kier molecular flexibility index (Phi) is 6.58. The molecule has 2 aliphatic rings. The molecule has 1 aromatic heterocycles. The Morgan fingerprint density at radius 2 is 2.04 bits per heavy atom. The number of rotatable bonds is 3. The Morgan fingerprint density at radius 3 is 2.62 bits per heavy atom. The van der Waals surface area contributed by atoms with E-state index >= 15 is 0 Å². The molecule has 1 aromatic rings. The molecule has 134 valence electrons. The Morgan fingerprint density at radius 1 is 1.38 bits per heavy atom. The van der Waals surface area contributed by atoms with Gasteiger partial charge in [-0.05, 0) is 13.0 Å². The van der Waals surface area contributed by atoms with Crippen LogP contribution in [0.3, 0.4) is 0 Å². The van der Waals surface area contributed by atoms with E-state index in [-0.39, 0.29) is 36.6 Å². The Bertz CT molecular complexity index is 552. The molecular formula is C15H25IN6O2. The maximum Gasteiger partial charge on any atom is 0.225 e. The summed E-state index contributed by atoms with van der Waals surface area (Å²) in [5.41, 5.74) is 5.19. The maximum absolute atomic E-state index is 10.5. The van der Waals surface area contributed by atoms with E-state index in [2.05, 4.69) is 19.9 Å². The standard InChI is InChI=1S/C15H24N6O2.HI/c1-12-15(22,3-10-23-12)11-19-13(16)20-6-8-21(9-7-20)14-17-4-2-5-18-14;/h2,4-5,12,22H,3,6-11H2,1H3,(H2,16,19);1H. The zero-order valence-corrected chi connectivity index (χ0v) is 16.2. The minimum absolute atomic E-state index is 0. The van der Waals surface area contributed by atoms with Gasteiger partial charge in [0.15, 0.2) is 5.96 Å². The van der Waals surface area contributed by atoms with Crippen LogP contribution >= 0.6 is 24.0 Å². The van der Waals surface area contributed by atoms with Crippen molar-refractivity contribution in [3.8, 4) is 0 Å². The Balaban J connectivity index is 0.00000208. The summed E-state index contributed by atoms with van der Waals surface area (Å²) in [6, 6.07) is 1.81. The molecule has 2 aliphatic heterocycles. The van der Waals surface area contributed by atoms with Crippen molar-refractivity contribution in [2.75, 3.05) is 44.2 Å². The molecule has 0 saturated carbocycles. The molecule has 0 radical (unpaired) electrons. The predicted octanol–water partition coefficient (Wildman–Crippen LogP) is 0.0712. The number of piperazine rings is 1. The smallest absolute Gasteiger partial charge is 0.225 e. The fraction of sp³-hybridized carbons (Fsp3) is 0.667. The van der Waals surface area contributed by atoms with Crippen molar-refractivity contribution >= 4 is 35.9 Å². The number of halogens is 1. The van der Waals surface area contributed by atoms with Crippen molar-refractivity contribution in [3.63, 3.8) is 0 Å². The summed E-state index contributed by atoms with van der Waals surface area (Å²) in [6.07, 6.45) is 3.89. The van der Waals surface area contributed by atoms with Crippen LogP contribution in [-0.4, -0.2) is 77.0 Å². The Labute approximate surface area is 159 Å². The summed E-state index contributed by atoms with van der Waals surface area (Å²) in [7, 11) is 0. The maximum atomic E-state index is 10.5. The third kappa shape index (κ3) is 4.25. The van der Waals surface area contributed by atoms with E-state index in [0.29, 0.717) is 19.0 Å². The molecule has 0 spiro atoms. The summed E-state index contributed by atoms with van der Waals surface area (Å²) in [5, 5.41) is 10.5. The van der Waals surface area contributed by atoms with Gasteiger partial charge in [0.2, 0.25) is 5.95 Å². The summed E-state index contributed by atoms with van der Waals surface area (Å²) in [5.74, 6) is 1.22. The van der Waals surface area contributed by atoms with Gasteiger partial charge in [-0.1, -0.05) is 0 Å². The largest absolute Gasteiger partial charge is 0.385 e. The van der Waals surface area contributed by atoms with E-state index in [1.165, 1.54) is 0 Å². The van der Waals surface area contributed by atoms with Gasteiger partial charge < -0.3 is 25.4 Å². The third-order valence-electron chi connectivity index (χ3n) is 4.61. The molecule has 2 atom stereocenters. The van der Waals surface area contributed by atoms with Crippen LogP contribution < -0.4 is 10.6 Å². The van der Waals surface area contributed by atoms with Gasteiger partial charge >= 0.3 is 0 Å². The van der Waals surface area contributed by atoms with Crippen LogP contribution in [0.2, 0.25) is 0 Å². The second-order valence-electron chi connectivity index (χ2n) is 6.06. The third-order valence-corrected chi connectivity index (χ3v) is 4.61. The molecule has 24 heavy (non-hydrogen) atoms. The van der Waals surface area contributed by atoms with Crippen molar-refractivity contribution in [2.45, 2.75) is 25.0 Å². The number of hydrogen-bond acceptors (Lipinski definition) is 6. The SMILES string of the molecule is CC1OCCC1(O)CN=C(N)N1CCN(c2ncccn2)CC1.I. The first kappa shape index (κ1) is 19.1. The van der Waals surface area contributed by atoms with Gasteiger partial charge in [-0.2, -0.15) is 0 Å². The first-order valence-corrected chi connectivity index (χ1v) is 7.99. The van der Waals surface area contributed by atoms with E-state index in [1.54, 1.807) is 12.4 Å². The molecule has 2 saturated heterocycles. The number of nitrogens with two attached hydrogens (primary N) is 1. The fourth-order valence-electron chi connectivity index (χ4n) is 2.89. The zero-order chi connectivity index (χ0) is 16.3. The second kappa shape index (κ2) is 8.26. The van der Waals surface area contributed by atoms with E-state index in [9.17, 15) is 5.11 Å². The number of aliphatic imine (C=N–C) groups is 1. The number of nitrogens with zero attached hydrogens (tertiary/aromatic N) is 5. The first-order valence-electron chi connectivity index (χ1n) is 7.99. The van der Waals surface area contributed by atoms with Gasteiger partial charge in [0, 0.05) is 51.6 Å². The van der Waals surface area contributed by atoms with Crippen molar-refractivity contribution < 1.29 is 9.84 Å². The number of aromatic nitrogens is 2. The number of ether oxygens (including phenoxy) is 1. The van der Waals surface area contributed by atoms with Gasteiger partial charge in [0.1, 0.15) is 5.60 Å². The van der Waals surface area contributed by atoms with E-state index in [4.69, 9.17) is 10.5 Å². The highest BCUT2D eigenvalue weighted by Crippen LogP contribution is 2.25. The summed E-state index contributed by atoms with van der Waals surface area (Å²) in [6.45, 7) is 5.84. The average molecular weight is 448 g/mol. The van der Waals surface area contributed by atoms with Crippen molar-refractivity contribution in [3.05, 3.63) is 18.5 Å². The molecule has 3 heterocycles. The predicted molar refractivity (Wildman–Crippen MR) is 103 cm³/mol. The lowest BCUT2D eigenvalue weighted by Crippen LogP contribution is -2.52. The van der Waals surface area contributed by atoms with Gasteiger partial charge in [-0.25, -0.2) is 9.97 Å². The highest BCUT2D eigenvalue weighted by Gasteiger charge is 2.39. The van der Waals surface area contributed by atoms with Gasteiger partial charge in [-0.3, -0.25) is 4.99 Å². The monoisotopic (exact) mass is 448 g/mol. The lowest BCUT2D eigenvalue weighted by molar-refractivity contribution is -0.0202.